The van der Waals surface area contributed by atoms with E-state index in [0.29, 0.717) is 0 Å². The largest absolute Gasteiger partial charge is 1.00 e. The standard InChI is InChI=1S/N2O3.2Na.2H/c3-1-5-2-4;;;;/q;2*+1;2*-1. The van der Waals surface area contributed by atoms with E-state index in [4.69, 9.17) is 9.81 Å². The summed E-state index contributed by atoms with van der Waals surface area (Å²) in [6.07, 6.45) is 0. The van der Waals surface area contributed by atoms with Gasteiger partial charge in [-0.15, -0.1) is 9.81 Å². The van der Waals surface area contributed by atoms with Crippen molar-refractivity contribution in [3.8, 4) is 0 Å². The molecule has 0 heterocycles. The van der Waals surface area contributed by atoms with Crippen LogP contribution in [0.3, 0.4) is 0 Å². The molecule has 7 heavy (non-hydrogen) atoms. The van der Waals surface area contributed by atoms with E-state index in [1.54, 1.807) is 10.7 Å². The van der Waals surface area contributed by atoms with Crippen molar-refractivity contribution in [2.24, 2.45) is 10.7 Å². The summed E-state index contributed by atoms with van der Waals surface area (Å²) in [6, 6.07) is 0. The summed E-state index contributed by atoms with van der Waals surface area (Å²) in [5, 5.41) is 3.25. The van der Waals surface area contributed by atoms with Gasteiger partial charge in [-0.05, 0) is 0 Å². The van der Waals surface area contributed by atoms with Crippen LogP contribution in [0.2, 0.25) is 0 Å². The summed E-state index contributed by atoms with van der Waals surface area (Å²) in [4.78, 5) is 20.2. The van der Waals surface area contributed by atoms with E-state index in [1.807, 2.05) is 0 Å². The summed E-state index contributed by atoms with van der Waals surface area (Å²) < 4.78 is 0. The van der Waals surface area contributed by atoms with Gasteiger partial charge >= 0.3 is 59.1 Å². The fourth-order valence-electron chi connectivity index (χ4n) is 0.0136. The van der Waals surface area contributed by atoms with Crippen LogP contribution >= 0.6 is 0 Å². The number of hydrogen-bond donors (Lipinski definition) is 0. The summed E-state index contributed by atoms with van der Waals surface area (Å²) in [5.74, 6) is 0. The molecule has 0 unspecified atom stereocenters. The zero-order chi connectivity index (χ0) is 4.12. The Morgan fingerprint density at radius 2 is 1.43 bits per heavy atom. The molecular formula is H2N2Na2O3. The Labute approximate surface area is 86.6 Å². The fraction of sp³-hybridized carbons (Fsp3) is 0. The topological polar surface area (TPSA) is 68.1 Å². The van der Waals surface area contributed by atoms with Crippen molar-refractivity contribution in [3.63, 3.8) is 0 Å². The molecule has 0 atom stereocenters. The van der Waals surface area contributed by atoms with Crippen LogP contribution in [-0.4, -0.2) is 0 Å². The molecule has 0 aliphatic rings. The van der Waals surface area contributed by atoms with Gasteiger partial charge in [0.15, 0.2) is 10.7 Å². The van der Waals surface area contributed by atoms with Gasteiger partial charge in [-0.25, -0.2) is 0 Å². The molecule has 0 bridgehead atoms. The number of hydrogen-bond acceptors (Lipinski definition) is 5. The molecule has 32 valence electrons. The Kier molecular flexibility index (Phi) is 35.3. The number of rotatable bonds is 2. The molecule has 0 aromatic carbocycles. The first-order chi connectivity index (χ1) is 2.41. The van der Waals surface area contributed by atoms with Gasteiger partial charge in [0.2, 0.25) is 0 Å². The molecule has 0 aromatic heterocycles. The minimum Gasteiger partial charge on any atom is -1.00 e. The van der Waals surface area contributed by atoms with Crippen LogP contribution in [0.4, 0.5) is 0 Å². The maximum atomic E-state index is 8.64. The first-order valence-electron chi connectivity index (χ1n) is 0.730. The molecule has 0 aliphatic carbocycles. The van der Waals surface area contributed by atoms with Gasteiger partial charge in [0.1, 0.15) is 0 Å². The van der Waals surface area contributed by atoms with Crippen LogP contribution < -0.4 is 59.1 Å². The van der Waals surface area contributed by atoms with Crippen LogP contribution in [0, 0.1) is 9.81 Å². The first kappa shape index (κ1) is 15.7. The van der Waals surface area contributed by atoms with Gasteiger partial charge in [0, 0.05) is 0 Å². The van der Waals surface area contributed by atoms with Gasteiger partial charge in [0.05, 0.1) is 0 Å². The van der Waals surface area contributed by atoms with Crippen molar-refractivity contribution in [1.82, 2.24) is 0 Å². The average molecular weight is 124 g/mol. The van der Waals surface area contributed by atoms with Gasteiger partial charge in [0.25, 0.3) is 0 Å². The quantitative estimate of drug-likeness (QED) is 0.209. The first-order valence-corrected chi connectivity index (χ1v) is 0.730. The Hall–Kier alpha value is 1.00. The summed E-state index contributed by atoms with van der Waals surface area (Å²) in [6.45, 7) is 0. The van der Waals surface area contributed by atoms with Crippen molar-refractivity contribution < 1.29 is 66.9 Å². The van der Waals surface area contributed by atoms with E-state index in [2.05, 4.69) is 4.94 Å². The Morgan fingerprint density at radius 1 is 1.14 bits per heavy atom. The third-order valence-electron chi connectivity index (χ3n) is 0.0667. The Morgan fingerprint density at radius 3 is 1.43 bits per heavy atom. The van der Waals surface area contributed by atoms with Gasteiger partial charge in [-0.3, -0.25) is 0 Å². The molecule has 0 saturated heterocycles. The zero-order valence-electron chi connectivity index (χ0n) is 6.12. The Balaban J connectivity index is -0.0000000133. The molecule has 0 aromatic rings. The Bertz CT molecular complexity index is 47.1. The van der Waals surface area contributed by atoms with E-state index in [1.165, 1.54) is 0 Å². The van der Waals surface area contributed by atoms with Crippen molar-refractivity contribution in [2.45, 2.75) is 0 Å². The van der Waals surface area contributed by atoms with Crippen molar-refractivity contribution in [1.29, 1.82) is 0 Å². The second kappa shape index (κ2) is 15.8. The zero-order valence-corrected chi connectivity index (χ0v) is 8.12. The predicted octanol–water partition coefficient (Wildman–Crippen LogP) is -5.40. The van der Waals surface area contributed by atoms with Gasteiger partial charge < -0.3 is 2.85 Å². The van der Waals surface area contributed by atoms with Gasteiger partial charge in [-0.2, -0.15) is 4.94 Å². The van der Waals surface area contributed by atoms with Crippen LogP contribution in [0.25, 0.3) is 0 Å². The van der Waals surface area contributed by atoms with Crippen LogP contribution in [0.1, 0.15) is 2.85 Å². The summed E-state index contributed by atoms with van der Waals surface area (Å²) >= 11 is 0. The van der Waals surface area contributed by atoms with Crippen LogP contribution in [0.15, 0.2) is 10.7 Å². The predicted molar refractivity (Wildman–Crippen MR) is 14.9 cm³/mol. The molecule has 0 spiro atoms. The van der Waals surface area contributed by atoms with Gasteiger partial charge in [-0.1, -0.05) is 0 Å². The van der Waals surface area contributed by atoms with Crippen LogP contribution in [-0.2, 0) is 4.94 Å². The molecule has 0 rings (SSSR count). The van der Waals surface area contributed by atoms with E-state index >= 15 is 0 Å². The van der Waals surface area contributed by atoms with E-state index < -0.39 is 0 Å². The van der Waals surface area contributed by atoms with E-state index in [-0.39, 0.29) is 62.0 Å². The van der Waals surface area contributed by atoms with Crippen molar-refractivity contribution in [3.05, 3.63) is 9.81 Å². The minimum atomic E-state index is 0. The van der Waals surface area contributed by atoms with E-state index in [0.717, 1.165) is 0 Å². The molecular weight excluding hydrogens is 122 g/mol. The average Bonchev–Trinajstić information content (AvgIpc) is 1.41. The third-order valence-corrected chi connectivity index (χ3v) is 0.0667. The molecule has 0 aliphatic heterocycles. The van der Waals surface area contributed by atoms with Crippen molar-refractivity contribution in [2.75, 3.05) is 0 Å². The SMILES string of the molecule is O=NON=O.[H-].[H-].[Na+].[Na+]. The second-order valence-corrected chi connectivity index (χ2v) is 0.231. The van der Waals surface area contributed by atoms with Crippen molar-refractivity contribution >= 4 is 0 Å². The molecule has 5 nitrogen and oxygen atoms in total. The molecule has 0 amide bonds. The molecule has 0 N–H and O–H groups in total. The minimum absolute atomic E-state index is 0. The number of nitrogens with zero attached hydrogens (tertiary/aromatic N) is 2. The maximum absolute atomic E-state index is 8.64. The molecule has 0 fully saturated rings. The molecule has 7 heteroatoms. The summed E-state index contributed by atoms with van der Waals surface area (Å²) in [7, 11) is 0. The fourth-order valence-corrected chi connectivity index (χ4v) is 0.0136. The molecule has 0 saturated carbocycles. The third kappa shape index (κ3) is 19.4. The summed E-state index contributed by atoms with van der Waals surface area (Å²) in [5.41, 5.74) is 0. The maximum Gasteiger partial charge on any atom is 1.00 e. The monoisotopic (exact) mass is 124 g/mol. The van der Waals surface area contributed by atoms with E-state index in [9.17, 15) is 0 Å². The smallest absolute Gasteiger partial charge is 1.00 e. The second-order valence-electron chi connectivity index (χ2n) is 0.231. The molecule has 0 radical (unpaired) electrons. The van der Waals surface area contributed by atoms with Crippen LogP contribution in [0.5, 0.6) is 0 Å². The normalized spacial score (nSPS) is 4.00.